The standard InChI is InChI=1S/C20H22N2O4/c1-4-13-26-21-14-16-9-11-18(12-10-16)25-15-17-7-5-6-8-19(17)22(2)20(23)24-3/h4-12,14H,1,13,15H2,2-3H3/b21-14+. The fourth-order valence-electron chi connectivity index (χ4n) is 2.20. The van der Waals surface area contributed by atoms with Gasteiger partial charge in [0.1, 0.15) is 19.0 Å². The molecule has 2 aromatic rings. The smallest absolute Gasteiger partial charge is 0.413 e. The van der Waals surface area contributed by atoms with Gasteiger partial charge in [0.2, 0.25) is 0 Å². The van der Waals surface area contributed by atoms with Crippen molar-refractivity contribution in [2.24, 2.45) is 5.16 Å². The fourth-order valence-corrected chi connectivity index (χ4v) is 2.20. The van der Waals surface area contributed by atoms with Crippen LogP contribution in [0.25, 0.3) is 0 Å². The van der Waals surface area contributed by atoms with E-state index in [4.69, 9.17) is 14.3 Å². The third kappa shape index (κ3) is 5.37. The maximum absolute atomic E-state index is 11.7. The van der Waals surface area contributed by atoms with E-state index < -0.39 is 6.09 Å². The molecule has 6 heteroatoms. The summed E-state index contributed by atoms with van der Waals surface area (Å²) >= 11 is 0. The van der Waals surface area contributed by atoms with E-state index in [2.05, 4.69) is 11.7 Å². The minimum absolute atomic E-state index is 0.327. The second-order valence-corrected chi connectivity index (χ2v) is 5.33. The van der Waals surface area contributed by atoms with Gasteiger partial charge >= 0.3 is 6.09 Å². The van der Waals surface area contributed by atoms with Crippen LogP contribution in [0.1, 0.15) is 11.1 Å². The Morgan fingerprint density at radius 3 is 2.62 bits per heavy atom. The molecule has 136 valence electrons. The quantitative estimate of drug-likeness (QED) is 0.311. The predicted octanol–water partition coefficient (Wildman–Crippen LogP) is 4.00. The van der Waals surface area contributed by atoms with E-state index in [1.807, 2.05) is 48.5 Å². The molecule has 0 N–H and O–H groups in total. The lowest BCUT2D eigenvalue weighted by Gasteiger charge is -2.19. The monoisotopic (exact) mass is 354 g/mol. The van der Waals surface area contributed by atoms with Crippen LogP contribution in [-0.2, 0) is 16.2 Å². The van der Waals surface area contributed by atoms with Gasteiger partial charge in [0.05, 0.1) is 19.0 Å². The normalized spacial score (nSPS) is 10.4. The van der Waals surface area contributed by atoms with Gasteiger partial charge in [-0.3, -0.25) is 4.90 Å². The van der Waals surface area contributed by atoms with Gasteiger partial charge in [-0.25, -0.2) is 4.79 Å². The zero-order valence-electron chi connectivity index (χ0n) is 14.9. The molecule has 0 unspecified atom stereocenters. The molecule has 1 amide bonds. The molecule has 0 fully saturated rings. The summed E-state index contributed by atoms with van der Waals surface area (Å²) in [5.41, 5.74) is 2.51. The van der Waals surface area contributed by atoms with Crippen molar-refractivity contribution in [2.75, 3.05) is 25.7 Å². The summed E-state index contributed by atoms with van der Waals surface area (Å²) in [6.07, 6.45) is 2.82. The van der Waals surface area contributed by atoms with Gasteiger partial charge in [-0.1, -0.05) is 36.0 Å². The maximum atomic E-state index is 11.7. The number of carbonyl (C=O) groups excluding carboxylic acids is 1. The molecule has 0 spiro atoms. The molecule has 6 nitrogen and oxygen atoms in total. The van der Waals surface area contributed by atoms with Crippen molar-refractivity contribution in [3.63, 3.8) is 0 Å². The van der Waals surface area contributed by atoms with Gasteiger partial charge in [-0.2, -0.15) is 0 Å². The number of hydrogen-bond donors (Lipinski definition) is 0. The van der Waals surface area contributed by atoms with Gasteiger partial charge in [0, 0.05) is 12.6 Å². The Balaban J connectivity index is 2.00. The van der Waals surface area contributed by atoms with Crippen molar-refractivity contribution < 1.29 is 19.1 Å². The molecule has 0 aliphatic heterocycles. The SMILES string of the molecule is C=CCO/N=C/c1ccc(OCc2ccccc2N(C)C(=O)OC)cc1. The largest absolute Gasteiger partial charge is 0.489 e. The first-order chi connectivity index (χ1) is 12.7. The molecule has 0 aliphatic carbocycles. The molecule has 0 saturated carbocycles. The molecule has 0 heterocycles. The number of methoxy groups -OCH3 is 1. The number of hydrogen-bond acceptors (Lipinski definition) is 5. The minimum Gasteiger partial charge on any atom is -0.489 e. The second kappa shape index (κ2) is 9.88. The third-order valence-electron chi connectivity index (χ3n) is 3.54. The van der Waals surface area contributed by atoms with Crippen LogP contribution < -0.4 is 9.64 Å². The van der Waals surface area contributed by atoms with E-state index >= 15 is 0 Å². The number of oxime groups is 1. The van der Waals surface area contributed by atoms with Crippen LogP contribution in [0.15, 0.2) is 66.3 Å². The Morgan fingerprint density at radius 2 is 1.92 bits per heavy atom. The minimum atomic E-state index is -0.431. The first kappa shape index (κ1) is 19.1. The molecule has 26 heavy (non-hydrogen) atoms. The Bertz CT molecular complexity index is 757. The molecule has 0 atom stereocenters. The Morgan fingerprint density at radius 1 is 1.19 bits per heavy atom. The topological polar surface area (TPSA) is 60.4 Å². The summed E-state index contributed by atoms with van der Waals surface area (Å²) in [4.78, 5) is 18.1. The number of rotatable bonds is 8. The highest BCUT2D eigenvalue weighted by molar-refractivity contribution is 5.87. The van der Waals surface area contributed by atoms with Crippen LogP contribution in [0.5, 0.6) is 5.75 Å². The van der Waals surface area contributed by atoms with Gasteiger partial charge in [0.15, 0.2) is 0 Å². The lowest BCUT2D eigenvalue weighted by atomic mass is 10.1. The average molecular weight is 354 g/mol. The summed E-state index contributed by atoms with van der Waals surface area (Å²) in [5, 5.41) is 3.82. The number of para-hydroxylation sites is 1. The highest BCUT2D eigenvalue weighted by Crippen LogP contribution is 2.22. The van der Waals surface area contributed by atoms with Crippen molar-refractivity contribution in [3.05, 3.63) is 72.3 Å². The number of anilines is 1. The fraction of sp³-hybridized carbons (Fsp3) is 0.200. The lowest BCUT2D eigenvalue weighted by molar-refractivity contribution is 0.176. The van der Waals surface area contributed by atoms with Crippen LogP contribution in [0.4, 0.5) is 10.5 Å². The van der Waals surface area contributed by atoms with Gasteiger partial charge < -0.3 is 14.3 Å². The van der Waals surface area contributed by atoms with Crippen LogP contribution in [0.3, 0.4) is 0 Å². The summed E-state index contributed by atoms with van der Waals surface area (Å²) in [6.45, 7) is 4.25. The van der Waals surface area contributed by atoms with E-state index in [9.17, 15) is 4.79 Å². The van der Waals surface area contributed by atoms with Crippen molar-refractivity contribution in [2.45, 2.75) is 6.61 Å². The number of nitrogens with zero attached hydrogens (tertiary/aromatic N) is 2. The Hall–Kier alpha value is -3.28. The van der Waals surface area contributed by atoms with E-state index in [1.54, 1.807) is 19.3 Å². The molecule has 2 aromatic carbocycles. The summed E-state index contributed by atoms with van der Waals surface area (Å²) in [5.74, 6) is 0.713. The van der Waals surface area contributed by atoms with Crippen LogP contribution in [0, 0.1) is 0 Å². The first-order valence-electron chi connectivity index (χ1n) is 8.04. The van der Waals surface area contributed by atoms with Crippen molar-refractivity contribution in [1.82, 2.24) is 0 Å². The van der Waals surface area contributed by atoms with E-state index in [1.165, 1.54) is 12.0 Å². The third-order valence-corrected chi connectivity index (χ3v) is 3.54. The zero-order chi connectivity index (χ0) is 18.8. The molecule has 0 saturated heterocycles. The predicted molar refractivity (Wildman–Crippen MR) is 102 cm³/mol. The number of ether oxygens (including phenoxy) is 2. The number of amides is 1. The van der Waals surface area contributed by atoms with Crippen LogP contribution in [0.2, 0.25) is 0 Å². The zero-order valence-corrected chi connectivity index (χ0v) is 14.9. The van der Waals surface area contributed by atoms with Gasteiger partial charge in [-0.15, -0.1) is 0 Å². The average Bonchev–Trinajstić information content (AvgIpc) is 2.69. The van der Waals surface area contributed by atoms with Gasteiger partial charge in [0.25, 0.3) is 0 Å². The highest BCUT2D eigenvalue weighted by atomic mass is 16.6. The first-order valence-corrected chi connectivity index (χ1v) is 8.04. The molecule has 0 aliphatic rings. The summed E-state index contributed by atoms with van der Waals surface area (Å²) < 4.78 is 10.6. The van der Waals surface area contributed by atoms with Crippen molar-refractivity contribution in [1.29, 1.82) is 0 Å². The van der Waals surface area contributed by atoms with Crippen LogP contribution >= 0.6 is 0 Å². The van der Waals surface area contributed by atoms with Gasteiger partial charge in [-0.05, 0) is 35.9 Å². The lowest BCUT2D eigenvalue weighted by Crippen LogP contribution is -2.27. The summed E-state index contributed by atoms with van der Waals surface area (Å²) in [7, 11) is 3.01. The highest BCUT2D eigenvalue weighted by Gasteiger charge is 2.14. The number of carbonyl (C=O) groups is 1. The molecule has 0 aromatic heterocycles. The molecule has 0 radical (unpaired) electrons. The van der Waals surface area contributed by atoms with Crippen LogP contribution in [-0.4, -0.2) is 33.1 Å². The second-order valence-electron chi connectivity index (χ2n) is 5.33. The molecule has 0 bridgehead atoms. The van der Waals surface area contributed by atoms with E-state index in [0.717, 1.165) is 16.8 Å². The molecule has 2 rings (SSSR count). The Labute approximate surface area is 153 Å². The Kier molecular flexibility index (Phi) is 7.24. The van der Waals surface area contributed by atoms with Crippen molar-refractivity contribution >= 4 is 18.0 Å². The summed E-state index contributed by atoms with van der Waals surface area (Å²) in [6, 6.07) is 15.0. The number of benzene rings is 2. The van der Waals surface area contributed by atoms with E-state index in [-0.39, 0.29) is 0 Å². The van der Waals surface area contributed by atoms with Crippen molar-refractivity contribution in [3.8, 4) is 5.75 Å². The molecular formula is C20H22N2O4. The van der Waals surface area contributed by atoms with E-state index in [0.29, 0.717) is 19.0 Å². The molecular weight excluding hydrogens is 332 g/mol. The maximum Gasteiger partial charge on any atom is 0.413 e.